The molecule has 3 rings (SSSR count). The fraction of sp³-hybridized carbons (Fsp3) is 0.375. The van der Waals surface area contributed by atoms with Gasteiger partial charge in [-0.25, -0.2) is 4.98 Å². The van der Waals surface area contributed by atoms with Crippen LogP contribution in [0.15, 0.2) is 30.3 Å². The fourth-order valence-corrected chi connectivity index (χ4v) is 2.10. The maximum atomic E-state index is 5.81. The van der Waals surface area contributed by atoms with Gasteiger partial charge in [0.25, 0.3) is 0 Å². The van der Waals surface area contributed by atoms with Gasteiger partial charge in [-0.1, -0.05) is 12.1 Å². The zero-order chi connectivity index (χ0) is 14.7. The second kappa shape index (κ2) is 6.10. The van der Waals surface area contributed by atoms with Crippen LogP contribution in [0.25, 0.3) is 0 Å². The van der Waals surface area contributed by atoms with Gasteiger partial charge in [0.15, 0.2) is 0 Å². The number of methoxy groups -OCH3 is 1. The van der Waals surface area contributed by atoms with Crippen LogP contribution in [0.3, 0.4) is 0 Å². The molecular weight excluding hydrogens is 266 g/mol. The minimum Gasteiger partial charge on any atom is -0.439 e. The van der Waals surface area contributed by atoms with Crippen LogP contribution in [0.1, 0.15) is 30.1 Å². The van der Waals surface area contributed by atoms with Crippen molar-refractivity contribution >= 4 is 5.82 Å². The van der Waals surface area contributed by atoms with E-state index in [0.717, 1.165) is 30.8 Å². The van der Waals surface area contributed by atoms with Crippen LogP contribution >= 0.6 is 0 Å². The van der Waals surface area contributed by atoms with E-state index in [0.29, 0.717) is 24.2 Å². The Bertz CT molecular complexity index is 609. The molecule has 0 atom stereocenters. The number of hydrogen-bond acceptors (Lipinski definition) is 5. The molecule has 1 aliphatic rings. The SMILES string of the molecule is COCCc1ccc(Oc2cc(N)nc(C3CC3)n2)cc1. The van der Waals surface area contributed by atoms with E-state index in [2.05, 4.69) is 9.97 Å². The summed E-state index contributed by atoms with van der Waals surface area (Å²) >= 11 is 0. The van der Waals surface area contributed by atoms with Gasteiger partial charge >= 0.3 is 0 Å². The lowest BCUT2D eigenvalue weighted by molar-refractivity contribution is 0.202. The Morgan fingerprint density at radius 3 is 2.62 bits per heavy atom. The lowest BCUT2D eigenvalue weighted by atomic mass is 10.1. The summed E-state index contributed by atoms with van der Waals surface area (Å²) in [5.41, 5.74) is 7.03. The quantitative estimate of drug-likeness (QED) is 0.883. The number of aromatic nitrogens is 2. The molecule has 110 valence electrons. The van der Waals surface area contributed by atoms with Gasteiger partial charge in [0.1, 0.15) is 17.4 Å². The molecule has 1 aromatic heterocycles. The van der Waals surface area contributed by atoms with Gasteiger partial charge in [-0.3, -0.25) is 0 Å². The van der Waals surface area contributed by atoms with Gasteiger partial charge in [-0.05, 0) is 37.0 Å². The Kier molecular flexibility index (Phi) is 4.01. The first-order valence-electron chi connectivity index (χ1n) is 7.15. The minimum absolute atomic E-state index is 0.451. The third-order valence-corrected chi connectivity index (χ3v) is 3.42. The highest BCUT2D eigenvalue weighted by atomic mass is 16.5. The molecule has 1 fully saturated rings. The van der Waals surface area contributed by atoms with E-state index in [1.807, 2.05) is 24.3 Å². The van der Waals surface area contributed by atoms with E-state index in [1.54, 1.807) is 13.2 Å². The standard InChI is InChI=1S/C16H19N3O2/c1-20-9-8-11-2-6-13(7-3-11)21-15-10-14(17)18-16(19-15)12-4-5-12/h2-3,6-7,10,12H,4-5,8-9H2,1H3,(H2,17,18,19). The highest BCUT2D eigenvalue weighted by Gasteiger charge is 2.27. The van der Waals surface area contributed by atoms with Gasteiger partial charge in [-0.2, -0.15) is 4.98 Å². The van der Waals surface area contributed by atoms with Crippen LogP contribution in [0, 0.1) is 0 Å². The highest BCUT2D eigenvalue weighted by Crippen LogP contribution is 2.39. The summed E-state index contributed by atoms with van der Waals surface area (Å²) in [5.74, 6) is 2.96. The molecule has 0 unspecified atom stereocenters. The van der Waals surface area contributed by atoms with Gasteiger partial charge < -0.3 is 15.2 Å². The molecule has 0 saturated heterocycles. The van der Waals surface area contributed by atoms with Crippen molar-refractivity contribution in [1.29, 1.82) is 0 Å². The van der Waals surface area contributed by atoms with Gasteiger partial charge in [0.05, 0.1) is 6.61 Å². The molecule has 1 saturated carbocycles. The summed E-state index contributed by atoms with van der Waals surface area (Å²) in [5, 5.41) is 0. The van der Waals surface area contributed by atoms with Crippen molar-refractivity contribution in [3.05, 3.63) is 41.7 Å². The molecular formula is C16H19N3O2. The Hall–Kier alpha value is -2.14. The summed E-state index contributed by atoms with van der Waals surface area (Å²) in [6.07, 6.45) is 3.16. The van der Waals surface area contributed by atoms with Crippen LogP contribution in [-0.4, -0.2) is 23.7 Å². The Morgan fingerprint density at radius 1 is 1.19 bits per heavy atom. The van der Waals surface area contributed by atoms with Crippen LogP contribution in [0.4, 0.5) is 5.82 Å². The molecule has 0 bridgehead atoms. The van der Waals surface area contributed by atoms with Gasteiger partial charge in [0.2, 0.25) is 5.88 Å². The monoisotopic (exact) mass is 285 g/mol. The Labute approximate surface area is 124 Å². The van der Waals surface area contributed by atoms with Crippen molar-refractivity contribution in [2.45, 2.75) is 25.2 Å². The Morgan fingerprint density at radius 2 is 1.95 bits per heavy atom. The number of nitrogens with zero attached hydrogens (tertiary/aromatic N) is 2. The first-order chi connectivity index (χ1) is 10.2. The zero-order valence-corrected chi connectivity index (χ0v) is 12.1. The molecule has 0 radical (unpaired) electrons. The van der Waals surface area contributed by atoms with Crippen molar-refractivity contribution in [2.75, 3.05) is 19.5 Å². The molecule has 5 nitrogen and oxygen atoms in total. The van der Waals surface area contributed by atoms with E-state index in [-0.39, 0.29) is 0 Å². The summed E-state index contributed by atoms with van der Waals surface area (Å²) < 4.78 is 10.8. The largest absolute Gasteiger partial charge is 0.439 e. The number of ether oxygens (including phenoxy) is 2. The van der Waals surface area contributed by atoms with E-state index in [1.165, 1.54) is 5.56 Å². The van der Waals surface area contributed by atoms with E-state index >= 15 is 0 Å². The summed E-state index contributed by atoms with van der Waals surface area (Å²) in [6.45, 7) is 0.716. The number of benzene rings is 1. The maximum absolute atomic E-state index is 5.81. The molecule has 0 amide bonds. The van der Waals surface area contributed by atoms with Crippen molar-refractivity contribution in [2.24, 2.45) is 0 Å². The number of hydrogen-bond donors (Lipinski definition) is 1. The molecule has 1 aliphatic carbocycles. The minimum atomic E-state index is 0.451. The van der Waals surface area contributed by atoms with Gasteiger partial charge in [0, 0.05) is 19.1 Å². The van der Waals surface area contributed by atoms with Crippen molar-refractivity contribution in [3.8, 4) is 11.6 Å². The van der Waals surface area contributed by atoms with Crippen LogP contribution in [0.5, 0.6) is 11.6 Å². The zero-order valence-electron chi connectivity index (χ0n) is 12.1. The van der Waals surface area contributed by atoms with E-state index < -0.39 is 0 Å². The normalized spacial score (nSPS) is 14.1. The summed E-state index contributed by atoms with van der Waals surface area (Å²) in [7, 11) is 1.70. The predicted octanol–water partition coefficient (Wildman–Crippen LogP) is 2.92. The molecule has 2 aromatic rings. The molecule has 2 N–H and O–H groups in total. The smallest absolute Gasteiger partial charge is 0.224 e. The maximum Gasteiger partial charge on any atom is 0.224 e. The predicted molar refractivity (Wildman–Crippen MR) is 80.5 cm³/mol. The first-order valence-corrected chi connectivity index (χ1v) is 7.15. The van der Waals surface area contributed by atoms with Crippen LogP contribution < -0.4 is 10.5 Å². The molecule has 1 heterocycles. The van der Waals surface area contributed by atoms with Crippen molar-refractivity contribution < 1.29 is 9.47 Å². The summed E-state index contributed by atoms with van der Waals surface area (Å²) in [4.78, 5) is 8.69. The lowest BCUT2D eigenvalue weighted by Gasteiger charge is -2.08. The Balaban J connectivity index is 1.70. The highest BCUT2D eigenvalue weighted by molar-refractivity contribution is 5.37. The number of rotatable bonds is 6. The lowest BCUT2D eigenvalue weighted by Crippen LogP contribution is -2.00. The number of nitrogens with two attached hydrogens (primary N) is 1. The summed E-state index contributed by atoms with van der Waals surface area (Å²) in [6, 6.07) is 9.58. The molecule has 1 aromatic carbocycles. The second-order valence-electron chi connectivity index (χ2n) is 5.25. The van der Waals surface area contributed by atoms with Gasteiger partial charge in [-0.15, -0.1) is 0 Å². The average molecular weight is 285 g/mol. The molecule has 0 spiro atoms. The third kappa shape index (κ3) is 3.70. The van der Waals surface area contributed by atoms with E-state index in [9.17, 15) is 0 Å². The van der Waals surface area contributed by atoms with E-state index in [4.69, 9.17) is 15.2 Å². The average Bonchev–Trinajstić information content (AvgIpc) is 3.30. The topological polar surface area (TPSA) is 70.3 Å². The van der Waals surface area contributed by atoms with Crippen LogP contribution in [-0.2, 0) is 11.2 Å². The van der Waals surface area contributed by atoms with Crippen molar-refractivity contribution in [3.63, 3.8) is 0 Å². The third-order valence-electron chi connectivity index (χ3n) is 3.42. The number of anilines is 1. The number of nitrogen functional groups attached to an aromatic ring is 1. The first kappa shape index (κ1) is 13.8. The van der Waals surface area contributed by atoms with Crippen molar-refractivity contribution in [1.82, 2.24) is 9.97 Å². The molecule has 5 heteroatoms. The second-order valence-corrected chi connectivity index (χ2v) is 5.25. The molecule has 0 aliphatic heterocycles. The molecule has 21 heavy (non-hydrogen) atoms. The van der Waals surface area contributed by atoms with Crippen LogP contribution in [0.2, 0.25) is 0 Å². The fourth-order valence-electron chi connectivity index (χ4n) is 2.10.